The number of carbonyl (C=O) groups excluding carboxylic acids is 2. The molecular weight excluding hydrogens is 248 g/mol. The number of ether oxygens (including phenoxy) is 2. The van der Waals surface area contributed by atoms with E-state index in [9.17, 15) is 9.59 Å². The van der Waals surface area contributed by atoms with Gasteiger partial charge in [0.2, 0.25) is 5.91 Å². The number of nitrogens with zero attached hydrogens (tertiary/aromatic N) is 1. The van der Waals surface area contributed by atoms with E-state index in [1.165, 1.54) is 0 Å². The van der Waals surface area contributed by atoms with Gasteiger partial charge in [0.1, 0.15) is 5.60 Å². The fourth-order valence-corrected chi connectivity index (χ4v) is 1.83. The van der Waals surface area contributed by atoms with E-state index in [0.29, 0.717) is 32.7 Å². The first kappa shape index (κ1) is 15.8. The van der Waals surface area contributed by atoms with Gasteiger partial charge < -0.3 is 19.7 Å². The van der Waals surface area contributed by atoms with Gasteiger partial charge in [0.15, 0.2) is 0 Å². The maximum absolute atomic E-state index is 11.4. The highest BCUT2D eigenvalue weighted by Gasteiger charge is 2.22. The fourth-order valence-electron chi connectivity index (χ4n) is 1.83. The van der Waals surface area contributed by atoms with E-state index in [1.54, 1.807) is 11.8 Å². The average molecular weight is 272 g/mol. The zero-order valence-electron chi connectivity index (χ0n) is 12.2. The van der Waals surface area contributed by atoms with Gasteiger partial charge in [0.25, 0.3) is 0 Å². The van der Waals surface area contributed by atoms with Crippen LogP contribution in [-0.2, 0) is 14.3 Å². The number of morpholine rings is 1. The number of hydrogen-bond donors (Lipinski definition) is 1. The van der Waals surface area contributed by atoms with Gasteiger partial charge in [0.05, 0.1) is 12.7 Å². The number of hydrogen-bond acceptors (Lipinski definition) is 4. The topological polar surface area (TPSA) is 67.9 Å². The molecule has 1 N–H and O–H groups in total. The zero-order valence-corrected chi connectivity index (χ0v) is 12.2. The molecule has 1 saturated heterocycles. The molecule has 1 fully saturated rings. The summed E-state index contributed by atoms with van der Waals surface area (Å²) >= 11 is 0. The highest BCUT2D eigenvalue weighted by Crippen LogP contribution is 2.09. The third-order valence-corrected chi connectivity index (χ3v) is 2.72. The second-order valence-corrected chi connectivity index (χ2v) is 5.68. The Morgan fingerprint density at radius 3 is 2.68 bits per heavy atom. The minimum atomic E-state index is -0.489. The monoisotopic (exact) mass is 272 g/mol. The Kier molecular flexibility index (Phi) is 5.60. The summed E-state index contributed by atoms with van der Waals surface area (Å²) in [5.41, 5.74) is -0.489. The van der Waals surface area contributed by atoms with Crippen molar-refractivity contribution in [2.45, 2.75) is 45.8 Å². The maximum Gasteiger partial charge on any atom is 0.407 e. The lowest BCUT2D eigenvalue weighted by Crippen LogP contribution is -2.45. The molecule has 19 heavy (non-hydrogen) atoms. The Hall–Kier alpha value is -1.30. The number of nitrogens with one attached hydrogen (secondary N) is 1. The lowest BCUT2D eigenvalue weighted by Gasteiger charge is -2.32. The van der Waals surface area contributed by atoms with Crippen molar-refractivity contribution in [1.82, 2.24) is 10.2 Å². The summed E-state index contributed by atoms with van der Waals surface area (Å²) in [7, 11) is 0. The second-order valence-electron chi connectivity index (χ2n) is 5.68. The normalized spacial score (nSPS) is 20.0. The number of carbonyl (C=O) groups is 2. The Morgan fingerprint density at radius 2 is 2.11 bits per heavy atom. The summed E-state index contributed by atoms with van der Waals surface area (Å²) in [4.78, 5) is 24.5. The van der Waals surface area contributed by atoms with Crippen molar-refractivity contribution in [3.05, 3.63) is 0 Å². The Bertz CT molecular complexity index is 325. The van der Waals surface area contributed by atoms with Crippen molar-refractivity contribution in [2.24, 2.45) is 0 Å². The summed E-state index contributed by atoms with van der Waals surface area (Å²) < 4.78 is 10.7. The van der Waals surface area contributed by atoms with Crippen molar-refractivity contribution < 1.29 is 19.1 Å². The van der Waals surface area contributed by atoms with Gasteiger partial charge in [-0.05, 0) is 27.2 Å². The van der Waals surface area contributed by atoms with Crippen LogP contribution >= 0.6 is 0 Å². The molecule has 1 heterocycles. The highest BCUT2D eigenvalue weighted by molar-refractivity contribution is 5.73. The third kappa shape index (κ3) is 6.42. The van der Waals surface area contributed by atoms with E-state index >= 15 is 0 Å². The quantitative estimate of drug-likeness (QED) is 0.837. The standard InChI is InChI=1S/C13H24N2O4/c1-10(16)15-7-8-18-11(9-15)5-6-14-12(17)19-13(2,3)4/h11H,5-9H2,1-4H3,(H,14,17)/t11-/m0/s1. The molecule has 110 valence electrons. The molecule has 0 radical (unpaired) electrons. The molecule has 0 aromatic carbocycles. The summed E-state index contributed by atoms with van der Waals surface area (Å²) in [6, 6.07) is 0. The Labute approximate surface area is 114 Å². The molecule has 0 bridgehead atoms. The molecule has 1 aliphatic heterocycles. The molecule has 2 amide bonds. The molecule has 0 aromatic rings. The van der Waals surface area contributed by atoms with Crippen molar-refractivity contribution in [3.8, 4) is 0 Å². The fraction of sp³-hybridized carbons (Fsp3) is 0.846. The van der Waals surface area contributed by atoms with Crippen LogP contribution in [0.15, 0.2) is 0 Å². The lowest BCUT2D eigenvalue weighted by molar-refractivity contribution is -0.136. The van der Waals surface area contributed by atoms with E-state index in [4.69, 9.17) is 9.47 Å². The van der Waals surface area contributed by atoms with Crippen LogP contribution in [0.3, 0.4) is 0 Å². The van der Waals surface area contributed by atoms with Gasteiger partial charge in [-0.1, -0.05) is 0 Å². The summed E-state index contributed by atoms with van der Waals surface area (Å²) in [5.74, 6) is 0.0633. The summed E-state index contributed by atoms with van der Waals surface area (Å²) in [6.45, 7) is 9.28. The largest absolute Gasteiger partial charge is 0.444 e. The molecular formula is C13H24N2O4. The van der Waals surface area contributed by atoms with Crippen LogP contribution in [0.2, 0.25) is 0 Å². The Morgan fingerprint density at radius 1 is 1.42 bits per heavy atom. The molecule has 1 aliphatic rings. The zero-order chi connectivity index (χ0) is 14.5. The molecule has 1 atom stereocenters. The molecule has 0 aliphatic carbocycles. The van der Waals surface area contributed by atoms with E-state index in [0.717, 1.165) is 0 Å². The third-order valence-electron chi connectivity index (χ3n) is 2.72. The van der Waals surface area contributed by atoms with Crippen LogP contribution in [0.4, 0.5) is 4.79 Å². The van der Waals surface area contributed by atoms with Gasteiger partial charge in [-0.15, -0.1) is 0 Å². The van der Waals surface area contributed by atoms with Crippen LogP contribution in [0, 0.1) is 0 Å². The van der Waals surface area contributed by atoms with E-state index in [2.05, 4.69) is 5.32 Å². The minimum Gasteiger partial charge on any atom is -0.444 e. The molecule has 1 rings (SSSR count). The van der Waals surface area contributed by atoms with Gasteiger partial charge >= 0.3 is 6.09 Å². The second kappa shape index (κ2) is 6.75. The highest BCUT2D eigenvalue weighted by atomic mass is 16.6. The first-order valence-corrected chi connectivity index (χ1v) is 6.62. The first-order chi connectivity index (χ1) is 8.78. The van der Waals surface area contributed by atoms with Crippen LogP contribution in [0.5, 0.6) is 0 Å². The predicted octanol–water partition coefficient (Wildman–Crippen LogP) is 1.15. The van der Waals surface area contributed by atoms with Crippen molar-refractivity contribution >= 4 is 12.0 Å². The number of rotatable bonds is 3. The van der Waals surface area contributed by atoms with Crippen LogP contribution < -0.4 is 5.32 Å². The summed E-state index contributed by atoms with van der Waals surface area (Å²) in [6.07, 6.45) is 0.225. The molecule has 0 spiro atoms. The van der Waals surface area contributed by atoms with E-state index in [-0.39, 0.29) is 12.0 Å². The van der Waals surface area contributed by atoms with Gasteiger partial charge in [-0.3, -0.25) is 4.79 Å². The maximum atomic E-state index is 11.4. The van der Waals surface area contributed by atoms with E-state index < -0.39 is 11.7 Å². The predicted molar refractivity (Wildman–Crippen MR) is 70.8 cm³/mol. The molecule has 0 aromatic heterocycles. The van der Waals surface area contributed by atoms with Gasteiger partial charge in [-0.25, -0.2) is 4.79 Å². The van der Waals surface area contributed by atoms with Gasteiger partial charge in [-0.2, -0.15) is 0 Å². The van der Waals surface area contributed by atoms with Gasteiger partial charge in [0, 0.05) is 26.6 Å². The van der Waals surface area contributed by atoms with Crippen molar-refractivity contribution in [1.29, 1.82) is 0 Å². The van der Waals surface area contributed by atoms with Crippen LogP contribution in [-0.4, -0.2) is 54.8 Å². The van der Waals surface area contributed by atoms with E-state index in [1.807, 2.05) is 20.8 Å². The Balaban J connectivity index is 2.22. The SMILES string of the molecule is CC(=O)N1CCO[C@@H](CCNC(=O)OC(C)(C)C)C1. The van der Waals surface area contributed by atoms with Crippen molar-refractivity contribution in [3.63, 3.8) is 0 Å². The number of alkyl carbamates (subject to hydrolysis) is 1. The molecule has 6 nitrogen and oxygen atoms in total. The minimum absolute atomic E-state index is 0.0208. The lowest BCUT2D eigenvalue weighted by atomic mass is 10.2. The van der Waals surface area contributed by atoms with Crippen molar-refractivity contribution in [2.75, 3.05) is 26.2 Å². The summed E-state index contributed by atoms with van der Waals surface area (Å²) in [5, 5.41) is 2.69. The average Bonchev–Trinajstić information content (AvgIpc) is 2.27. The molecule has 0 saturated carbocycles. The van der Waals surface area contributed by atoms with Crippen LogP contribution in [0.1, 0.15) is 34.1 Å². The number of amides is 2. The molecule has 6 heteroatoms. The first-order valence-electron chi connectivity index (χ1n) is 6.62. The smallest absolute Gasteiger partial charge is 0.407 e. The molecule has 0 unspecified atom stereocenters. The van der Waals surface area contributed by atoms with Crippen LogP contribution in [0.25, 0.3) is 0 Å².